The molecule has 0 spiro atoms. The Labute approximate surface area is 118 Å². The zero-order valence-corrected chi connectivity index (χ0v) is 12.2. The standard InChI is InChI=1S/C14H21N3O3/c1-5-6-7-9(13(19)20)15-12(18)10-8-11(17-16-10)14(2,3)4/h5-6,8-9H,7H2,1-4H3,(H,15,18)(H,16,17)(H,19,20)/b6-5+. The first-order valence-corrected chi connectivity index (χ1v) is 6.46. The van der Waals surface area contributed by atoms with E-state index in [1.165, 1.54) is 0 Å². The number of hydrogen-bond donors (Lipinski definition) is 3. The van der Waals surface area contributed by atoms with Crippen molar-refractivity contribution in [2.45, 2.75) is 45.6 Å². The lowest BCUT2D eigenvalue weighted by molar-refractivity contribution is -0.139. The number of carbonyl (C=O) groups excluding carboxylic acids is 1. The first-order valence-electron chi connectivity index (χ1n) is 6.46. The molecule has 0 radical (unpaired) electrons. The lowest BCUT2D eigenvalue weighted by Crippen LogP contribution is -2.40. The molecule has 1 aromatic rings. The fraction of sp³-hybridized carbons (Fsp3) is 0.500. The SMILES string of the molecule is C/C=C/CC(NC(=O)c1cc(C(C)(C)C)[nH]n1)C(=O)O. The number of allylic oxidation sites excluding steroid dienone is 1. The fourth-order valence-corrected chi connectivity index (χ4v) is 1.55. The maximum Gasteiger partial charge on any atom is 0.326 e. The Hall–Kier alpha value is -2.11. The summed E-state index contributed by atoms with van der Waals surface area (Å²) in [5, 5.41) is 18.2. The number of hydrogen-bond acceptors (Lipinski definition) is 3. The number of nitrogens with one attached hydrogen (secondary N) is 2. The molecule has 6 nitrogen and oxygen atoms in total. The molecule has 1 aromatic heterocycles. The highest BCUT2D eigenvalue weighted by atomic mass is 16.4. The summed E-state index contributed by atoms with van der Waals surface area (Å²) in [5.74, 6) is -1.56. The molecular weight excluding hydrogens is 258 g/mol. The Balaban J connectivity index is 2.79. The molecule has 6 heteroatoms. The van der Waals surface area contributed by atoms with Gasteiger partial charge in [-0.15, -0.1) is 0 Å². The maximum atomic E-state index is 12.0. The van der Waals surface area contributed by atoms with Crippen molar-refractivity contribution in [3.05, 3.63) is 29.6 Å². The number of carbonyl (C=O) groups is 2. The van der Waals surface area contributed by atoms with Crippen LogP contribution in [-0.4, -0.2) is 33.2 Å². The molecule has 0 aromatic carbocycles. The molecule has 1 atom stereocenters. The largest absolute Gasteiger partial charge is 0.480 e. The van der Waals surface area contributed by atoms with Gasteiger partial charge in [-0.2, -0.15) is 5.10 Å². The van der Waals surface area contributed by atoms with E-state index in [-0.39, 0.29) is 17.5 Å². The Morgan fingerprint density at radius 3 is 2.60 bits per heavy atom. The summed E-state index contributed by atoms with van der Waals surface area (Å²) >= 11 is 0. The molecule has 20 heavy (non-hydrogen) atoms. The van der Waals surface area contributed by atoms with E-state index in [0.717, 1.165) is 5.69 Å². The highest BCUT2D eigenvalue weighted by molar-refractivity contribution is 5.95. The molecule has 3 N–H and O–H groups in total. The predicted octanol–water partition coefficient (Wildman–Crippen LogP) is 1.86. The second kappa shape index (κ2) is 6.36. The molecule has 0 aliphatic carbocycles. The summed E-state index contributed by atoms with van der Waals surface area (Å²) < 4.78 is 0. The Kier molecular flexibility index (Phi) is 5.07. The van der Waals surface area contributed by atoms with Crippen LogP contribution >= 0.6 is 0 Å². The summed E-state index contributed by atoms with van der Waals surface area (Å²) in [7, 11) is 0. The van der Waals surface area contributed by atoms with Crippen molar-refractivity contribution in [2.75, 3.05) is 0 Å². The molecule has 1 amide bonds. The van der Waals surface area contributed by atoms with Gasteiger partial charge in [0.1, 0.15) is 11.7 Å². The van der Waals surface area contributed by atoms with E-state index in [2.05, 4.69) is 15.5 Å². The van der Waals surface area contributed by atoms with Crippen molar-refractivity contribution < 1.29 is 14.7 Å². The highest BCUT2D eigenvalue weighted by Crippen LogP contribution is 2.20. The minimum Gasteiger partial charge on any atom is -0.480 e. The zero-order chi connectivity index (χ0) is 15.3. The molecule has 0 aliphatic heterocycles. The van der Waals surface area contributed by atoms with Crippen LogP contribution in [0.2, 0.25) is 0 Å². The van der Waals surface area contributed by atoms with Crippen LogP contribution < -0.4 is 5.32 Å². The lowest BCUT2D eigenvalue weighted by atomic mass is 9.92. The van der Waals surface area contributed by atoms with Gasteiger partial charge in [0.15, 0.2) is 0 Å². The number of carboxylic acid groups (broad SMARTS) is 1. The van der Waals surface area contributed by atoms with Crippen LogP contribution in [-0.2, 0) is 10.2 Å². The smallest absolute Gasteiger partial charge is 0.326 e. The third-order valence-corrected chi connectivity index (χ3v) is 2.83. The average Bonchev–Trinajstić information content (AvgIpc) is 2.83. The fourth-order valence-electron chi connectivity index (χ4n) is 1.55. The van der Waals surface area contributed by atoms with Crippen LogP contribution in [0.15, 0.2) is 18.2 Å². The third-order valence-electron chi connectivity index (χ3n) is 2.83. The van der Waals surface area contributed by atoms with Gasteiger partial charge >= 0.3 is 5.97 Å². The van der Waals surface area contributed by atoms with E-state index >= 15 is 0 Å². The summed E-state index contributed by atoms with van der Waals surface area (Å²) in [6, 6.07) is 0.692. The summed E-state index contributed by atoms with van der Waals surface area (Å²) in [5.41, 5.74) is 0.868. The predicted molar refractivity (Wildman–Crippen MR) is 75.6 cm³/mol. The number of aromatic amines is 1. The van der Waals surface area contributed by atoms with E-state index in [4.69, 9.17) is 5.11 Å². The number of rotatable bonds is 5. The number of aliphatic carboxylic acids is 1. The van der Waals surface area contributed by atoms with Crippen LogP contribution in [0.25, 0.3) is 0 Å². The van der Waals surface area contributed by atoms with Crippen LogP contribution in [0.1, 0.15) is 50.3 Å². The topological polar surface area (TPSA) is 95.1 Å². The molecular formula is C14H21N3O3. The number of amides is 1. The van der Waals surface area contributed by atoms with Crippen LogP contribution in [0.4, 0.5) is 0 Å². The molecule has 0 fully saturated rings. The summed E-state index contributed by atoms with van der Waals surface area (Å²) in [6.07, 6.45) is 3.69. The van der Waals surface area contributed by atoms with Gasteiger partial charge in [0, 0.05) is 11.1 Å². The van der Waals surface area contributed by atoms with Gasteiger partial charge in [-0.1, -0.05) is 32.9 Å². The van der Waals surface area contributed by atoms with E-state index in [1.54, 1.807) is 25.1 Å². The third kappa shape index (κ3) is 4.22. The van der Waals surface area contributed by atoms with Gasteiger partial charge in [0.05, 0.1) is 0 Å². The number of carboxylic acids is 1. The average molecular weight is 279 g/mol. The lowest BCUT2D eigenvalue weighted by Gasteiger charge is -2.14. The summed E-state index contributed by atoms with van der Waals surface area (Å²) in [4.78, 5) is 23.0. The van der Waals surface area contributed by atoms with E-state index in [1.807, 2.05) is 20.8 Å². The Morgan fingerprint density at radius 1 is 1.50 bits per heavy atom. The molecule has 1 heterocycles. The molecule has 1 unspecified atom stereocenters. The van der Waals surface area contributed by atoms with Crippen molar-refractivity contribution in [1.29, 1.82) is 0 Å². The van der Waals surface area contributed by atoms with Gasteiger partial charge in [0.25, 0.3) is 5.91 Å². The number of aromatic nitrogens is 2. The van der Waals surface area contributed by atoms with Crippen molar-refractivity contribution in [1.82, 2.24) is 15.5 Å². The summed E-state index contributed by atoms with van der Waals surface area (Å²) in [6.45, 7) is 7.78. The molecule has 0 saturated carbocycles. The van der Waals surface area contributed by atoms with Gasteiger partial charge in [-0.3, -0.25) is 9.89 Å². The highest BCUT2D eigenvalue weighted by Gasteiger charge is 2.23. The molecule has 0 aliphatic rings. The van der Waals surface area contributed by atoms with Gasteiger partial charge in [0.2, 0.25) is 0 Å². The van der Waals surface area contributed by atoms with Crippen LogP contribution in [0, 0.1) is 0 Å². The normalized spacial score (nSPS) is 13.4. The van der Waals surface area contributed by atoms with Gasteiger partial charge in [-0.05, 0) is 19.4 Å². The monoisotopic (exact) mass is 279 g/mol. The quantitative estimate of drug-likeness (QED) is 0.717. The van der Waals surface area contributed by atoms with Crippen LogP contribution in [0.5, 0.6) is 0 Å². The van der Waals surface area contributed by atoms with Crippen molar-refractivity contribution in [3.63, 3.8) is 0 Å². The molecule has 0 saturated heterocycles. The minimum atomic E-state index is -1.07. The number of nitrogens with zero attached hydrogens (tertiary/aromatic N) is 1. The van der Waals surface area contributed by atoms with E-state index < -0.39 is 17.9 Å². The van der Waals surface area contributed by atoms with E-state index in [0.29, 0.717) is 0 Å². The van der Waals surface area contributed by atoms with Crippen molar-refractivity contribution >= 4 is 11.9 Å². The second-order valence-electron chi connectivity index (χ2n) is 5.59. The van der Waals surface area contributed by atoms with Crippen LogP contribution in [0.3, 0.4) is 0 Å². The Morgan fingerprint density at radius 2 is 2.15 bits per heavy atom. The zero-order valence-electron chi connectivity index (χ0n) is 12.2. The van der Waals surface area contributed by atoms with Crippen molar-refractivity contribution in [2.24, 2.45) is 0 Å². The molecule has 110 valence electrons. The van der Waals surface area contributed by atoms with Gasteiger partial charge < -0.3 is 10.4 Å². The Bertz CT molecular complexity index is 512. The first kappa shape index (κ1) is 15.9. The van der Waals surface area contributed by atoms with Gasteiger partial charge in [-0.25, -0.2) is 4.79 Å². The first-order chi connectivity index (χ1) is 9.25. The van der Waals surface area contributed by atoms with E-state index in [9.17, 15) is 9.59 Å². The molecule has 0 bridgehead atoms. The molecule has 1 rings (SSSR count). The van der Waals surface area contributed by atoms with Crippen molar-refractivity contribution in [3.8, 4) is 0 Å². The second-order valence-corrected chi connectivity index (χ2v) is 5.59. The minimum absolute atomic E-state index is 0.150. The number of H-pyrrole nitrogens is 1. The maximum absolute atomic E-state index is 12.0.